The second-order valence-corrected chi connectivity index (χ2v) is 13.7. The van der Waals surface area contributed by atoms with Crippen molar-refractivity contribution in [2.24, 2.45) is 5.92 Å². The van der Waals surface area contributed by atoms with Crippen LogP contribution < -0.4 is 9.47 Å². The first-order valence-electron chi connectivity index (χ1n) is 14.3. The third-order valence-corrected chi connectivity index (χ3v) is 10.2. The molecule has 0 spiro atoms. The summed E-state index contributed by atoms with van der Waals surface area (Å²) < 4.78 is 70.6. The van der Waals surface area contributed by atoms with Crippen LogP contribution >= 0.6 is 23.2 Å². The first-order chi connectivity index (χ1) is 21.1. The lowest BCUT2D eigenvalue weighted by Crippen LogP contribution is -2.38. The molecule has 3 aromatic rings. The molecule has 2 aromatic carbocycles. The summed E-state index contributed by atoms with van der Waals surface area (Å²) in [5.74, 6) is -0.501. The maximum atomic E-state index is 13.4. The van der Waals surface area contributed by atoms with E-state index >= 15 is 0 Å². The van der Waals surface area contributed by atoms with Crippen LogP contribution in [0, 0.1) is 5.92 Å². The highest BCUT2D eigenvalue weighted by atomic mass is 35.5. The molecule has 2 fully saturated rings. The zero-order chi connectivity index (χ0) is 31.3. The number of carbonyl (C=O) groups is 1. The highest BCUT2D eigenvalue weighted by Gasteiger charge is 2.36. The Bertz CT molecular complexity index is 1540. The monoisotopic (exact) mass is 668 g/mol. The van der Waals surface area contributed by atoms with Gasteiger partial charge in [0.2, 0.25) is 10.0 Å². The Labute approximate surface area is 265 Å². The number of nitrogens with zero attached hydrogens (tertiary/aromatic N) is 2. The van der Waals surface area contributed by atoms with E-state index in [1.54, 1.807) is 24.3 Å². The molecule has 13 heteroatoms. The second-order valence-electron chi connectivity index (χ2n) is 11.0. The number of carbonyl (C=O) groups excluding carboxylic acids is 1. The maximum absolute atomic E-state index is 13.4. The van der Waals surface area contributed by atoms with Crippen molar-refractivity contribution < 1.29 is 36.2 Å². The molecule has 2 aliphatic rings. The number of halogens is 4. The van der Waals surface area contributed by atoms with Gasteiger partial charge in [-0.25, -0.2) is 8.42 Å². The topological polar surface area (TPSA) is 95.0 Å². The fourth-order valence-corrected chi connectivity index (χ4v) is 7.56. The minimum Gasteiger partial charge on any atom is -0.489 e. The highest BCUT2D eigenvalue weighted by molar-refractivity contribution is 7.88. The number of aromatic nitrogens is 1. The molecule has 0 radical (unpaired) electrons. The predicted octanol–water partition coefficient (Wildman–Crippen LogP) is 6.99. The van der Waals surface area contributed by atoms with E-state index in [0.717, 1.165) is 12.8 Å². The summed E-state index contributed by atoms with van der Waals surface area (Å²) in [7, 11) is -3.68. The summed E-state index contributed by atoms with van der Waals surface area (Å²) >= 11 is 12.8. The van der Waals surface area contributed by atoms with Crippen LogP contribution in [-0.4, -0.2) is 49.5 Å². The molecule has 44 heavy (non-hydrogen) atoms. The highest BCUT2D eigenvalue weighted by Crippen LogP contribution is 2.38. The van der Waals surface area contributed by atoms with Crippen molar-refractivity contribution in [2.75, 3.05) is 13.2 Å². The van der Waals surface area contributed by atoms with Crippen molar-refractivity contribution in [3.05, 3.63) is 87.7 Å². The Kier molecular flexibility index (Phi) is 10.6. The average Bonchev–Trinajstić information content (AvgIpc) is 3.69. The van der Waals surface area contributed by atoms with Crippen LogP contribution in [0.5, 0.6) is 11.5 Å². The molecule has 0 bridgehead atoms. The normalized spacial score (nSPS) is 17.9. The van der Waals surface area contributed by atoms with E-state index in [2.05, 4.69) is 9.72 Å². The Balaban J connectivity index is 1.37. The summed E-state index contributed by atoms with van der Waals surface area (Å²) in [4.78, 5) is 17.4. The molecule has 236 valence electrons. The Morgan fingerprint density at radius 2 is 1.75 bits per heavy atom. The minimum atomic E-state index is -3.68. The van der Waals surface area contributed by atoms with E-state index in [1.165, 1.54) is 34.9 Å². The van der Waals surface area contributed by atoms with Crippen molar-refractivity contribution in [2.45, 2.75) is 63.0 Å². The molecule has 0 amide bonds. The molecular formula is C31H32Cl2F2N2O6S. The molecule has 1 aromatic heterocycles. The fourth-order valence-electron chi connectivity index (χ4n) is 5.22. The number of rotatable bonds is 14. The number of sulfonamides is 1. The fraction of sp³-hybridized carbons (Fsp3) is 0.419. The Morgan fingerprint density at radius 1 is 1.02 bits per heavy atom. The van der Waals surface area contributed by atoms with E-state index < -0.39 is 34.7 Å². The summed E-state index contributed by atoms with van der Waals surface area (Å²) in [5.41, 5.74) is 1.57. The van der Waals surface area contributed by atoms with E-state index in [1.807, 2.05) is 6.07 Å². The molecule has 2 heterocycles. The number of benzene rings is 2. The van der Waals surface area contributed by atoms with Gasteiger partial charge in [-0.1, -0.05) is 59.6 Å². The second kappa shape index (κ2) is 14.4. The standard InChI is InChI=1S/C31H32Cl2F2N2O6S/c32-25-16-36-17-26(33)24(25)15-28(22-10-11-27(43-31(34)35)29(13-22)41-18-20-8-9-20)42-30(38)14-23-7-4-12-37(23)44(39,40)19-21-5-2-1-3-6-21/h1-3,5-6,10-11,13,16-17,20,23,28,31H,4,7-9,12,14-15,18-19H2/t23?,28-/m0/s1. The largest absolute Gasteiger partial charge is 0.489 e. The lowest BCUT2D eigenvalue weighted by atomic mass is 10.0. The summed E-state index contributed by atoms with van der Waals surface area (Å²) in [6, 6.07) is 12.7. The van der Waals surface area contributed by atoms with E-state index in [9.17, 15) is 22.0 Å². The van der Waals surface area contributed by atoms with Gasteiger partial charge < -0.3 is 14.2 Å². The smallest absolute Gasteiger partial charge is 0.387 e. The minimum absolute atomic E-state index is 0.0454. The van der Waals surface area contributed by atoms with E-state index in [4.69, 9.17) is 32.7 Å². The van der Waals surface area contributed by atoms with Gasteiger partial charge in [0.25, 0.3) is 0 Å². The van der Waals surface area contributed by atoms with Crippen molar-refractivity contribution in [1.29, 1.82) is 0 Å². The number of pyridine rings is 1. The third-order valence-electron chi connectivity index (χ3n) is 7.62. The van der Waals surface area contributed by atoms with Gasteiger partial charge in [0, 0.05) is 31.4 Å². The molecule has 2 atom stereocenters. The number of hydrogen-bond donors (Lipinski definition) is 0. The number of alkyl halides is 2. The molecular weight excluding hydrogens is 637 g/mol. The first-order valence-corrected chi connectivity index (χ1v) is 16.7. The molecule has 1 aliphatic heterocycles. The molecule has 5 rings (SSSR count). The van der Waals surface area contributed by atoms with Gasteiger partial charge in [-0.2, -0.15) is 13.1 Å². The molecule has 0 N–H and O–H groups in total. The quantitative estimate of drug-likeness (QED) is 0.171. The lowest BCUT2D eigenvalue weighted by Gasteiger charge is -2.25. The Morgan fingerprint density at radius 3 is 2.43 bits per heavy atom. The predicted molar refractivity (Wildman–Crippen MR) is 161 cm³/mol. The summed E-state index contributed by atoms with van der Waals surface area (Å²) in [6.45, 7) is -2.41. The van der Waals surface area contributed by atoms with Gasteiger partial charge >= 0.3 is 12.6 Å². The SMILES string of the molecule is O=C(CC1CCCN1S(=O)(=O)Cc1ccccc1)O[C@@H](Cc1c(Cl)cncc1Cl)c1ccc(OC(F)F)c(OCC2CC2)c1. The molecule has 1 aliphatic carbocycles. The van der Waals surface area contributed by atoms with E-state index in [-0.39, 0.29) is 40.1 Å². The van der Waals surface area contributed by atoms with Crippen LogP contribution in [0.3, 0.4) is 0 Å². The van der Waals surface area contributed by atoms with Crippen LogP contribution in [0.4, 0.5) is 8.78 Å². The van der Waals surface area contributed by atoms with Crippen LogP contribution in [-0.2, 0) is 31.7 Å². The van der Waals surface area contributed by atoms with Crippen LogP contribution in [0.15, 0.2) is 60.9 Å². The van der Waals surface area contributed by atoms with Crippen molar-refractivity contribution in [3.8, 4) is 11.5 Å². The van der Waals surface area contributed by atoms with Crippen molar-refractivity contribution in [1.82, 2.24) is 9.29 Å². The van der Waals surface area contributed by atoms with Crippen molar-refractivity contribution >= 4 is 39.2 Å². The van der Waals surface area contributed by atoms with Gasteiger partial charge in [-0.15, -0.1) is 0 Å². The first kappa shape index (κ1) is 32.4. The number of ether oxygens (including phenoxy) is 3. The molecule has 1 saturated heterocycles. The lowest BCUT2D eigenvalue weighted by molar-refractivity contribution is -0.150. The Hall–Kier alpha value is -2.99. The van der Waals surface area contributed by atoms with Gasteiger partial charge in [0.15, 0.2) is 11.5 Å². The van der Waals surface area contributed by atoms with Gasteiger partial charge in [-0.3, -0.25) is 9.78 Å². The van der Waals surface area contributed by atoms with Crippen LogP contribution in [0.1, 0.15) is 54.9 Å². The molecule has 1 unspecified atom stereocenters. The number of hydrogen-bond acceptors (Lipinski definition) is 7. The van der Waals surface area contributed by atoms with Crippen LogP contribution in [0.2, 0.25) is 10.0 Å². The van der Waals surface area contributed by atoms with Gasteiger partial charge in [0.1, 0.15) is 6.10 Å². The molecule has 8 nitrogen and oxygen atoms in total. The summed E-state index contributed by atoms with van der Waals surface area (Å²) in [6.07, 6.45) is 4.86. The van der Waals surface area contributed by atoms with Gasteiger partial charge in [0.05, 0.1) is 28.8 Å². The summed E-state index contributed by atoms with van der Waals surface area (Å²) in [5, 5.41) is 0.519. The van der Waals surface area contributed by atoms with Crippen LogP contribution in [0.25, 0.3) is 0 Å². The van der Waals surface area contributed by atoms with E-state index in [0.29, 0.717) is 48.6 Å². The zero-order valence-corrected chi connectivity index (χ0v) is 26.0. The third kappa shape index (κ3) is 8.59. The van der Waals surface area contributed by atoms with Gasteiger partial charge in [-0.05, 0) is 60.4 Å². The molecule has 1 saturated carbocycles. The average molecular weight is 670 g/mol. The van der Waals surface area contributed by atoms with Crippen molar-refractivity contribution in [3.63, 3.8) is 0 Å². The number of esters is 1. The zero-order valence-electron chi connectivity index (χ0n) is 23.7. The maximum Gasteiger partial charge on any atom is 0.387 e.